The molecule has 0 aromatic heterocycles. The lowest BCUT2D eigenvalue weighted by Gasteiger charge is -2.25. The maximum Gasteiger partial charge on any atom is 0.327 e. The average Bonchev–Trinajstić information content (AvgIpc) is 2.79. The fourth-order valence-corrected chi connectivity index (χ4v) is 3.98. The van der Waals surface area contributed by atoms with E-state index >= 15 is 0 Å². The van der Waals surface area contributed by atoms with Crippen LogP contribution in [0, 0.1) is 0 Å². The maximum atomic E-state index is 12.6. The van der Waals surface area contributed by atoms with Gasteiger partial charge in [-0.2, -0.15) is 0 Å². The van der Waals surface area contributed by atoms with E-state index in [1.54, 1.807) is 6.92 Å². The molecular weight excluding hydrogens is 337 g/mol. The number of hydrogen-bond donors (Lipinski definition) is 1. The van der Waals surface area contributed by atoms with Gasteiger partial charge in [-0.25, -0.2) is 4.79 Å². The number of methoxy groups -OCH3 is 1. The Bertz CT molecular complexity index is 573. The van der Waals surface area contributed by atoms with Crippen LogP contribution < -0.4 is 4.74 Å². The molecule has 1 aromatic rings. The lowest BCUT2D eigenvalue weighted by Crippen LogP contribution is -2.44. The Balaban J connectivity index is 2.37. The van der Waals surface area contributed by atoms with Crippen LogP contribution in [0.5, 0.6) is 5.75 Å². The van der Waals surface area contributed by atoms with Gasteiger partial charge in [-0.15, -0.1) is 11.8 Å². The predicted octanol–water partition coefficient (Wildman–Crippen LogP) is 2.99. The molecule has 1 aliphatic heterocycles. The van der Waals surface area contributed by atoms with Crippen LogP contribution in [0.25, 0.3) is 0 Å². The van der Waals surface area contributed by atoms with Gasteiger partial charge in [0.15, 0.2) is 5.75 Å². The third-order valence-electron chi connectivity index (χ3n) is 3.19. The number of ether oxygens (including phenoxy) is 1. The van der Waals surface area contributed by atoms with E-state index in [1.165, 1.54) is 35.9 Å². The third-order valence-corrected chi connectivity index (χ3v) is 4.97. The summed E-state index contributed by atoms with van der Waals surface area (Å²) in [4.78, 5) is 25.2. The fourth-order valence-electron chi connectivity index (χ4n) is 2.17. The molecule has 1 amide bonds. The van der Waals surface area contributed by atoms with Gasteiger partial charge in [0, 0.05) is 11.3 Å². The van der Waals surface area contributed by atoms with Crippen molar-refractivity contribution < 1.29 is 19.4 Å². The van der Waals surface area contributed by atoms with Crippen molar-refractivity contribution in [2.24, 2.45) is 0 Å². The highest BCUT2D eigenvalue weighted by Gasteiger charge is 2.40. The minimum absolute atomic E-state index is 0.208. The predicted molar refractivity (Wildman–Crippen MR) is 82.5 cm³/mol. The molecule has 0 bridgehead atoms. The number of halogens is 2. The zero-order chi connectivity index (χ0) is 15.7. The highest BCUT2D eigenvalue weighted by atomic mass is 35.5. The monoisotopic (exact) mass is 349 g/mol. The number of thioether (sulfide) groups is 1. The summed E-state index contributed by atoms with van der Waals surface area (Å²) in [6.45, 7) is 1.79. The van der Waals surface area contributed by atoms with E-state index in [1.807, 2.05) is 0 Å². The topological polar surface area (TPSA) is 66.8 Å². The van der Waals surface area contributed by atoms with Crippen LogP contribution in [-0.2, 0) is 4.79 Å². The Morgan fingerprint density at radius 2 is 1.95 bits per heavy atom. The van der Waals surface area contributed by atoms with Crippen LogP contribution in [0.15, 0.2) is 12.1 Å². The molecule has 0 radical (unpaired) electrons. The van der Waals surface area contributed by atoms with E-state index in [2.05, 4.69) is 0 Å². The van der Waals surface area contributed by atoms with Crippen molar-refractivity contribution >= 4 is 46.8 Å². The number of nitrogens with zero attached hydrogens (tertiary/aromatic N) is 1. The molecular formula is C13H13Cl2NO4S. The first-order valence-corrected chi connectivity index (χ1v) is 7.87. The molecule has 0 aliphatic carbocycles. The number of hydrogen-bond acceptors (Lipinski definition) is 4. The molecule has 0 spiro atoms. The highest BCUT2D eigenvalue weighted by Crippen LogP contribution is 2.36. The highest BCUT2D eigenvalue weighted by molar-refractivity contribution is 8.00. The van der Waals surface area contributed by atoms with Crippen molar-refractivity contribution in [3.63, 3.8) is 0 Å². The number of carboxylic acid groups (broad SMARTS) is 1. The fraction of sp³-hybridized carbons (Fsp3) is 0.385. The van der Waals surface area contributed by atoms with Crippen molar-refractivity contribution in [1.82, 2.24) is 4.90 Å². The summed E-state index contributed by atoms with van der Waals surface area (Å²) in [5.74, 6) is -0.786. The Morgan fingerprint density at radius 1 is 1.38 bits per heavy atom. The van der Waals surface area contributed by atoms with Crippen LogP contribution in [0.2, 0.25) is 10.0 Å². The standard InChI is InChI=1S/C13H13Cl2NO4S/c1-6-16(10(5-21-6)13(18)19)12(17)7-3-8(14)11(20-2)9(15)4-7/h3-4,6,10H,5H2,1-2H3,(H,18,19). The maximum absolute atomic E-state index is 12.6. The Hall–Kier alpha value is -1.11. The molecule has 114 valence electrons. The molecule has 2 rings (SSSR count). The summed E-state index contributed by atoms with van der Waals surface area (Å²) < 4.78 is 5.03. The van der Waals surface area contributed by atoms with Crippen LogP contribution in [-0.4, -0.2) is 46.2 Å². The lowest BCUT2D eigenvalue weighted by molar-refractivity contribution is -0.141. The molecule has 0 saturated carbocycles. The van der Waals surface area contributed by atoms with Crippen molar-refractivity contribution in [1.29, 1.82) is 0 Å². The van der Waals surface area contributed by atoms with E-state index in [4.69, 9.17) is 27.9 Å². The summed E-state index contributed by atoms with van der Waals surface area (Å²) >= 11 is 13.5. The van der Waals surface area contributed by atoms with Crippen LogP contribution >= 0.6 is 35.0 Å². The zero-order valence-corrected chi connectivity index (χ0v) is 13.6. The van der Waals surface area contributed by atoms with E-state index in [-0.39, 0.29) is 26.7 Å². The van der Waals surface area contributed by atoms with Gasteiger partial charge in [0.25, 0.3) is 5.91 Å². The molecule has 1 saturated heterocycles. The second kappa shape index (κ2) is 6.34. The first-order valence-electron chi connectivity index (χ1n) is 6.07. The molecule has 8 heteroatoms. The van der Waals surface area contributed by atoms with Gasteiger partial charge in [-0.05, 0) is 19.1 Å². The lowest BCUT2D eigenvalue weighted by atomic mass is 10.1. The summed E-state index contributed by atoms with van der Waals surface area (Å²) in [7, 11) is 1.42. The SMILES string of the molecule is COc1c(Cl)cc(C(=O)N2C(C)SCC2C(=O)O)cc1Cl. The summed E-state index contributed by atoms with van der Waals surface area (Å²) in [5, 5.41) is 9.40. The van der Waals surface area contributed by atoms with Crippen molar-refractivity contribution in [2.45, 2.75) is 18.3 Å². The molecule has 5 nitrogen and oxygen atoms in total. The summed E-state index contributed by atoms with van der Waals surface area (Å²) in [6.07, 6.45) is 0. The minimum atomic E-state index is -1.02. The molecule has 1 aromatic carbocycles. The number of carbonyl (C=O) groups excluding carboxylic acids is 1. The Morgan fingerprint density at radius 3 is 2.43 bits per heavy atom. The van der Waals surface area contributed by atoms with Gasteiger partial charge in [0.1, 0.15) is 6.04 Å². The number of aliphatic carboxylic acids is 1. The van der Waals surface area contributed by atoms with Gasteiger partial charge < -0.3 is 14.7 Å². The molecule has 21 heavy (non-hydrogen) atoms. The summed E-state index contributed by atoms with van der Waals surface area (Å²) in [6, 6.07) is 2.02. The van der Waals surface area contributed by atoms with Crippen LogP contribution in [0.1, 0.15) is 17.3 Å². The number of amides is 1. The summed E-state index contributed by atoms with van der Waals surface area (Å²) in [5.41, 5.74) is 0.242. The van der Waals surface area contributed by atoms with Gasteiger partial charge in [-0.1, -0.05) is 23.2 Å². The number of rotatable bonds is 3. The van der Waals surface area contributed by atoms with E-state index < -0.39 is 17.9 Å². The van der Waals surface area contributed by atoms with Gasteiger partial charge >= 0.3 is 5.97 Å². The number of carboxylic acids is 1. The second-order valence-corrected chi connectivity index (χ2v) is 6.64. The minimum Gasteiger partial charge on any atom is -0.494 e. The van der Waals surface area contributed by atoms with Crippen molar-refractivity contribution in [3.05, 3.63) is 27.7 Å². The van der Waals surface area contributed by atoms with Gasteiger partial charge in [-0.3, -0.25) is 4.79 Å². The second-order valence-electron chi connectivity index (χ2n) is 4.47. The molecule has 2 unspecified atom stereocenters. The molecule has 1 heterocycles. The first-order chi connectivity index (χ1) is 9.86. The van der Waals surface area contributed by atoms with E-state index in [0.29, 0.717) is 5.75 Å². The number of benzene rings is 1. The van der Waals surface area contributed by atoms with E-state index in [9.17, 15) is 14.7 Å². The van der Waals surface area contributed by atoms with Crippen LogP contribution in [0.4, 0.5) is 0 Å². The third kappa shape index (κ3) is 3.07. The largest absolute Gasteiger partial charge is 0.494 e. The normalized spacial score (nSPS) is 21.4. The number of carbonyl (C=O) groups is 2. The van der Waals surface area contributed by atoms with E-state index in [0.717, 1.165) is 0 Å². The quantitative estimate of drug-likeness (QED) is 0.908. The molecule has 1 N–H and O–H groups in total. The van der Waals surface area contributed by atoms with Crippen molar-refractivity contribution in [2.75, 3.05) is 12.9 Å². The molecule has 1 fully saturated rings. The zero-order valence-electron chi connectivity index (χ0n) is 11.3. The van der Waals surface area contributed by atoms with Gasteiger partial charge in [0.05, 0.1) is 22.5 Å². The average molecular weight is 350 g/mol. The smallest absolute Gasteiger partial charge is 0.327 e. The molecule has 1 aliphatic rings. The van der Waals surface area contributed by atoms with Gasteiger partial charge in [0.2, 0.25) is 0 Å². The Labute approximate surface area is 136 Å². The first kappa shape index (κ1) is 16.3. The molecule has 2 atom stereocenters. The van der Waals surface area contributed by atoms with Crippen molar-refractivity contribution in [3.8, 4) is 5.75 Å². The van der Waals surface area contributed by atoms with Crippen LogP contribution in [0.3, 0.4) is 0 Å². The Kier molecular flexibility index (Phi) is 4.91.